The van der Waals surface area contributed by atoms with Crippen molar-refractivity contribution in [1.29, 1.82) is 0 Å². The molecule has 1 N–H and O–H groups in total. The Bertz CT molecular complexity index is 627. The zero-order chi connectivity index (χ0) is 15.2. The molecule has 3 nitrogen and oxygen atoms in total. The first kappa shape index (κ1) is 15.0. The molecule has 2 rings (SSSR count). The average molecular weight is 291 g/mol. The molecule has 0 atom stereocenters. The van der Waals surface area contributed by atoms with Crippen molar-refractivity contribution < 1.29 is 18.3 Å². The van der Waals surface area contributed by atoms with Crippen LogP contribution in [0, 0.1) is 11.6 Å². The van der Waals surface area contributed by atoms with Gasteiger partial charge in [-0.15, -0.1) is 0 Å². The summed E-state index contributed by atoms with van der Waals surface area (Å²) < 4.78 is 31.1. The molecule has 0 aliphatic carbocycles. The number of methoxy groups -OCH3 is 1. The molecule has 110 valence electrons. The number of carbonyl (C=O) groups is 1. The Hall–Kier alpha value is -2.43. The second-order valence-electron chi connectivity index (χ2n) is 4.55. The molecule has 0 bridgehead atoms. The second kappa shape index (κ2) is 6.83. The zero-order valence-corrected chi connectivity index (χ0v) is 11.5. The van der Waals surface area contributed by atoms with E-state index in [1.807, 2.05) is 0 Å². The highest BCUT2D eigenvalue weighted by Crippen LogP contribution is 2.17. The van der Waals surface area contributed by atoms with Crippen molar-refractivity contribution in [3.05, 3.63) is 65.2 Å². The van der Waals surface area contributed by atoms with Crippen molar-refractivity contribution in [1.82, 2.24) is 5.32 Å². The fourth-order valence-corrected chi connectivity index (χ4v) is 1.87. The number of amides is 1. The van der Waals surface area contributed by atoms with Gasteiger partial charge in [-0.05, 0) is 35.4 Å². The van der Waals surface area contributed by atoms with Gasteiger partial charge in [-0.25, -0.2) is 8.78 Å². The van der Waals surface area contributed by atoms with Crippen LogP contribution in [-0.2, 0) is 17.8 Å². The molecule has 0 fully saturated rings. The number of hydrogen-bond acceptors (Lipinski definition) is 2. The summed E-state index contributed by atoms with van der Waals surface area (Å²) in [5.74, 6) is -0.857. The summed E-state index contributed by atoms with van der Waals surface area (Å²) in [6.07, 6.45) is 0.152. The van der Waals surface area contributed by atoms with Crippen LogP contribution in [-0.4, -0.2) is 13.0 Å². The molecule has 0 unspecified atom stereocenters. The van der Waals surface area contributed by atoms with Crippen LogP contribution in [0.25, 0.3) is 0 Å². The highest BCUT2D eigenvalue weighted by Gasteiger charge is 2.06. The van der Waals surface area contributed by atoms with E-state index in [1.165, 1.54) is 31.4 Å². The lowest BCUT2D eigenvalue weighted by Gasteiger charge is -2.07. The maximum atomic E-state index is 13.5. The van der Waals surface area contributed by atoms with Crippen LogP contribution in [0.2, 0.25) is 0 Å². The average Bonchev–Trinajstić information content (AvgIpc) is 2.48. The Morgan fingerprint density at radius 3 is 2.38 bits per heavy atom. The van der Waals surface area contributed by atoms with Gasteiger partial charge in [0, 0.05) is 6.54 Å². The Balaban J connectivity index is 1.89. The molecule has 0 radical (unpaired) electrons. The first-order chi connectivity index (χ1) is 10.1. The van der Waals surface area contributed by atoms with Crippen molar-refractivity contribution in [2.24, 2.45) is 0 Å². The summed E-state index contributed by atoms with van der Waals surface area (Å²) in [7, 11) is 1.39. The van der Waals surface area contributed by atoms with Gasteiger partial charge in [-0.3, -0.25) is 4.79 Å². The van der Waals surface area contributed by atoms with Crippen molar-refractivity contribution in [2.45, 2.75) is 13.0 Å². The molecule has 0 heterocycles. The number of benzene rings is 2. The van der Waals surface area contributed by atoms with Gasteiger partial charge >= 0.3 is 0 Å². The van der Waals surface area contributed by atoms with E-state index in [2.05, 4.69) is 5.32 Å². The third-order valence-corrected chi connectivity index (χ3v) is 2.98. The predicted octanol–water partition coefficient (Wildman–Crippen LogP) is 2.83. The zero-order valence-electron chi connectivity index (χ0n) is 11.5. The molecule has 0 aliphatic heterocycles. The van der Waals surface area contributed by atoms with Gasteiger partial charge in [-0.1, -0.05) is 18.2 Å². The highest BCUT2D eigenvalue weighted by atomic mass is 19.1. The summed E-state index contributed by atoms with van der Waals surface area (Å²) in [6.45, 7) is 0.223. The number of ether oxygens (including phenoxy) is 1. The van der Waals surface area contributed by atoms with Gasteiger partial charge in [0.25, 0.3) is 0 Å². The number of hydrogen-bond donors (Lipinski definition) is 1. The van der Waals surface area contributed by atoms with Gasteiger partial charge in [0.1, 0.15) is 5.82 Å². The minimum Gasteiger partial charge on any atom is -0.494 e. The van der Waals surface area contributed by atoms with E-state index in [4.69, 9.17) is 4.74 Å². The van der Waals surface area contributed by atoms with E-state index >= 15 is 0 Å². The first-order valence-electron chi connectivity index (χ1n) is 6.42. The Morgan fingerprint density at radius 2 is 1.76 bits per heavy atom. The van der Waals surface area contributed by atoms with E-state index in [-0.39, 0.29) is 30.4 Å². The minimum atomic E-state index is -0.470. The third kappa shape index (κ3) is 4.27. The van der Waals surface area contributed by atoms with Crippen LogP contribution in [0.15, 0.2) is 42.5 Å². The molecule has 0 spiro atoms. The maximum absolute atomic E-state index is 13.5. The number of rotatable bonds is 5. The van der Waals surface area contributed by atoms with Crippen LogP contribution < -0.4 is 10.1 Å². The molecule has 1 amide bonds. The maximum Gasteiger partial charge on any atom is 0.224 e. The van der Waals surface area contributed by atoms with Gasteiger partial charge in [0.2, 0.25) is 5.91 Å². The van der Waals surface area contributed by atoms with Crippen molar-refractivity contribution >= 4 is 5.91 Å². The summed E-state index contributed by atoms with van der Waals surface area (Å²) in [5.41, 5.74) is 1.36. The molecule has 5 heteroatoms. The lowest BCUT2D eigenvalue weighted by atomic mass is 10.1. The van der Waals surface area contributed by atoms with E-state index in [1.54, 1.807) is 18.2 Å². The van der Waals surface area contributed by atoms with E-state index in [0.29, 0.717) is 5.56 Å². The van der Waals surface area contributed by atoms with E-state index in [9.17, 15) is 13.6 Å². The quantitative estimate of drug-likeness (QED) is 0.920. The molecule has 2 aromatic carbocycles. The molecular weight excluding hydrogens is 276 g/mol. The highest BCUT2D eigenvalue weighted by molar-refractivity contribution is 5.78. The standard InChI is InChI=1S/C16H15F2NO2/c1-21-15-7-4-12(8-14(15)18)10-19-16(20)9-11-2-5-13(17)6-3-11/h2-8H,9-10H2,1H3,(H,19,20). The lowest BCUT2D eigenvalue weighted by Crippen LogP contribution is -2.24. The number of halogens is 2. The predicted molar refractivity (Wildman–Crippen MR) is 74.9 cm³/mol. The van der Waals surface area contributed by atoms with Crippen LogP contribution in [0.4, 0.5) is 8.78 Å². The van der Waals surface area contributed by atoms with Crippen molar-refractivity contribution in [3.8, 4) is 5.75 Å². The Labute approximate surface area is 121 Å². The molecule has 0 saturated heterocycles. The fraction of sp³-hybridized carbons (Fsp3) is 0.188. The monoisotopic (exact) mass is 291 g/mol. The van der Waals surface area contributed by atoms with Crippen LogP contribution in [0.3, 0.4) is 0 Å². The van der Waals surface area contributed by atoms with Gasteiger partial charge in [-0.2, -0.15) is 0 Å². The molecule has 0 aliphatic rings. The molecule has 0 aromatic heterocycles. The van der Waals surface area contributed by atoms with Crippen LogP contribution >= 0.6 is 0 Å². The van der Waals surface area contributed by atoms with Gasteiger partial charge < -0.3 is 10.1 Å². The Kier molecular flexibility index (Phi) is 4.87. The van der Waals surface area contributed by atoms with Crippen LogP contribution in [0.1, 0.15) is 11.1 Å². The summed E-state index contributed by atoms with van der Waals surface area (Å²) in [4.78, 5) is 11.8. The molecule has 2 aromatic rings. The summed E-state index contributed by atoms with van der Waals surface area (Å²) in [6, 6.07) is 10.2. The second-order valence-corrected chi connectivity index (χ2v) is 4.55. The summed E-state index contributed by atoms with van der Waals surface area (Å²) >= 11 is 0. The normalized spacial score (nSPS) is 10.2. The largest absolute Gasteiger partial charge is 0.494 e. The molecule has 0 saturated carbocycles. The fourth-order valence-electron chi connectivity index (χ4n) is 1.87. The number of carbonyl (C=O) groups excluding carboxylic acids is 1. The van der Waals surface area contributed by atoms with Crippen LogP contribution in [0.5, 0.6) is 5.75 Å². The van der Waals surface area contributed by atoms with Crippen molar-refractivity contribution in [3.63, 3.8) is 0 Å². The topological polar surface area (TPSA) is 38.3 Å². The van der Waals surface area contributed by atoms with Gasteiger partial charge in [0.05, 0.1) is 13.5 Å². The lowest BCUT2D eigenvalue weighted by molar-refractivity contribution is -0.120. The van der Waals surface area contributed by atoms with E-state index in [0.717, 1.165) is 5.56 Å². The third-order valence-electron chi connectivity index (χ3n) is 2.98. The Morgan fingerprint density at radius 1 is 1.10 bits per heavy atom. The SMILES string of the molecule is COc1ccc(CNC(=O)Cc2ccc(F)cc2)cc1F. The summed E-state index contributed by atoms with van der Waals surface area (Å²) in [5, 5.41) is 2.69. The van der Waals surface area contributed by atoms with E-state index < -0.39 is 5.82 Å². The van der Waals surface area contributed by atoms with Crippen molar-refractivity contribution in [2.75, 3.05) is 7.11 Å². The number of nitrogens with one attached hydrogen (secondary N) is 1. The molecule has 21 heavy (non-hydrogen) atoms. The smallest absolute Gasteiger partial charge is 0.224 e. The minimum absolute atomic E-state index is 0.152. The van der Waals surface area contributed by atoms with Gasteiger partial charge in [0.15, 0.2) is 11.6 Å². The first-order valence-corrected chi connectivity index (χ1v) is 6.42. The molecular formula is C16H15F2NO2.